The van der Waals surface area contributed by atoms with Crippen LogP contribution in [0, 0.1) is 41.5 Å². The third-order valence-electron chi connectivity index (χ3n) is 7.14. The predicted octanol–water partition coefficient (Wildman–Crippen LogP) is 7.97. The van der Waals surface area contributed by atoms with Crippen LogP contribution in [0.1, 0.15) is 34.3 Å². The molecule has 0 bridgehead atoms. The van der Waals surface area contributed by atoms with Gasteiger partial charge in [0.05, 0.1) is 39.8 Å². The van der Waals surface area contributed by atoms with Crippen molar-refractivity contribution >= 4 is 44.6 Å². The van der Waals surface area contributed by atoms with Gasteiger partial charge >= 0.3 is 0 Å². The SMILES string of the molecule is CNc1ncc(-c2c(C)noc2C)cc1N.CNc1ncc(-c2c(C)noc2C)cc1Nc1cccnc1C.Cc1ncccc1Br. The molecule has 0 radical (unpaired) electrons. The minimum atomic E-state index is 0.611. The number of nitrogens with one attached hydrogen (secondary N) is 3. The van der Waals surface area contributed by atoms with Gasteiger partial charge in [0.2, 0.25) is 0 Å². The van der Waals surface area contributed by atoms with Crippen molar-refractivity contribution < 1.29 is 9.05 Å². The Labute approximate surface area is 282 Å². The van der Waals surface area contributed by atoms with Crippen LogP contribution in [-0.2, 0) is 0 Å². The maximum atomic E-state index is 5.86. The Hall–Kier alpha value is -5.30. The number of rotatable bonds is 6. The molecule has 6 aromatic heterocycles. The van der Waals surface area contributed by atoms with Gasteiger partial charge in [-0.2, -0.15) is 0 Å². The van der Waals surface area contributed by atoms with Crippen molar-refractivity contribution in [2.24, 2.45) is 0 Å². The van der Waals surface area contributed by atoms with Crippen molar-refractivity contribution in [2.75, 3.05) is 35.8 Å². The van der Waals surface area contributed by atoms with Gasteiger partial charge in [0, 0.05) is 65.6 Å². The molecule has 6 rings (SSSR count). The van der Waals surface area contributed by atoms with E-state index >= 15 is 0 Å². The third kappa shape index (κ3) is 8.50. The molecule has 0 aliphatic rings. The number of hydrogen-bond acceptors (Lipinski definition) is 12. The number of hydrogen-bond donors (Lipinski definition) is 4. The zero-order chi connectivity index (χ0) is 34.1. The van der Waals surface area contributed by atoms with E-state index in [-0.39, 0.29) is 0 Å². The lowest BCUT2D eigenvalue weighted by Crippen LogP contribution is -2.02. The van der Waals surface area contributed by atoms with Crippen molar-refractivity contribution in [1.29, 1.82) is 0 Å². The second kappa shape index (κ2) is 15.8. The van der Waals surface area contributed by atoms with E-state index in [0.717, 1.165) is 78.2 Å². The Morgan fingerprint density at radius 2 is 1.17 bits per heavy atom. The quantitative estimate of drug-likeness (QED) is 0.133. The fraction of sp³-hybridized carbons (Fsp3) is 0.235. The summed E-state index contributed by atoms with van der Waals surface area (Å²) >= 11 is 3.33. The predicted molar refractivity (Wildman–Crippen MR) is 191 cm³/mol. The average molecular weight is 700 g/mol. The van der Waals surface area contributed by atoms with Crippen LogP contribution >= 0.6 is 15.9 Å². The van der Waals surface area contributed by atoms with Crippen LogP contribution < -0.4 is 21.7 Å². The van der Waals surface area contributed by atoms with Crippen LogP contribution in [0.4, 0.5) is 28.7 Å². The molecule has 0 saturated carbocycles. The second-order valence-electron chi connectivity index (χ2n) is 10.5. The molecule has 0 unspecified atom stereocenters. The molecule has 244 valence electrons. The van der Waals surface area contributed by atoms with E-state index in [0.29, 0.717) is 11.5 Å². The minimum absolute atomic E-state index is 0.611. The Bertz CT molecular complexity index is 1890. The maximum Gasteiger partial charge on any atom is 0.149 e. The monoisotopic (exact) mass is 698 g/mol. The van der Waals surface area contributed by atoms with Crippen molar-refractivity contribution in [3.05, 3.63) is 100.0 Å². The average Bonchev–Trinajstić information content (AvgIpc) is 3.58. The summed E-state index contributed by atoms with van der Waals surface area (Å²) in [5, 5.41) is 17.3. The van der Waals surface area contributed by atoms with E-state index in [1.165, 1.54) is 0 Å². The van der Waals surface area contributed by atoms with E-state index in [4.69, 9.17) is 14.8 Å². The highest BCUT2D eigenvalue weighted by Crippen LogP contribution is 2.33. The van der Waals surface area contributed by atoms with Crippen LogP contribution in [-0.4, -0.2) is 44.3 Å². The fourth-order valence-electron chi connectivity index (χ4n) is 4.74. The zero-order valence-corrected chi connectivity index (χ0v) is 29.3. The van der Waals surface area contributed by atoms with Gasteiger partial charge in [-0.05, 0) is 93.9 Å². The van der Waals surface area contributed by atoms with Gasteiger partial charge in [0.1, 0.15) is 23.2 Å². The standard InChI is InChI=1S/C17H19N5O.C11H14N4O.C6H6BrN/c1-10-14(6-5-7-19-10)21-15-8-13(9-20-17(15)18-4)16-11(2)22-23-12(16)3;1-6-10(7(2)16-15-6)8-4-9(12)11(13-3)14-5-8;1-5-6(7)3-2-4-8-5/h5-9,21H,1-4H3,(H,18,20);4-5H,12H2,1-3H3,(H,13,14);2-4H,1H3. The van der Waals surface area contributed by atoms with Gasteiger partial charge in [-0.25, -0.2) is 9.97 Å². The zero-order valence-electron chi connectivity index (χ0n) is 27.7. The molecule has 0 atom stereocenters. The van der Waals surface area contributed by atoms with Gasteiger partial charge in [-0.15, -0.1) is 0 Å². The summed E-state index contributed by atoms with van der Waals surface area (Å²) in [6.07, 6.45) is 7.13. The molecule has 0 amide bonds. The Kier molecular flexibility index (Phi) is 11.6. The molecule has 5 N–H and O–H groups in total. The minimum Gasteiger partial charge on any atom is -0.396 e. The highest BCUT2D eigenvalue weighted by molar-refractivity contribution is 9.10. The van der Waals surface area contributed by atoms with Gasteiger partial charge in [-0.1, -0.05) is 10.3 Å². The van der Waals surface area contributed by atoms with E-state index < -0.39 is 0 Å². The van der Waals surface area contributed by atoms with Crippen molar-refractivity contribution in [3.8, 4) is 22.3 Å². The number of anilines is 5. The first-order chi connectivity index (χ1) is 22.5. The van der Waals surface area contributed by atoms with Gasteiger partial charge in [-0.3, -0.25) is 9.97 Å². The lowest BCUT2D eigenvalue weighted by Gasteiger charge is -2.14. The van der Waals surface area contributed by atoms with Crippen LogP contribution in [0.3, 0.4) is 0 Å². The number of aromatic nitrogens is 6. The molecule has 0 aliphatic carbocycles. The summed E-state index contributed by atoms with van der Waals surface area (Å²) in [6.45, 7) is 11.5. The first-order valence-corrected chi connectivity index (χ1v) is 15.6. The van der Waals surface area contributed by atoms with Gasteiger partial charge < -0.3 is 30.7 Å². The number of halogens is 1. The summed E-state index contributed by atoms with van der Waals surface area (Å²) in [4.78, 5) is 17.1. The smallest absolute Gasteiger partial charge is 0.149 e. The molecular formula is C34H39BrN10O2. The Balaban J connectivity index is 0.000000180. The topological polar surface area (TPSA) is 166 Å². The molecule has 0 saturated heterocycles. The van der Waals surface area contributed by atoms with Gasteiger partial charge in [0.25, 0.3) is 0 Å². The van der Waals surface area contributed by atoms with Crippen LogP contribution in [0.2, 0.25) is 0 Å². The van der Waals surface area contributed by atoms with E-state index in [1.807, 2.05) is 91.2 Å². The van der Waals surface area contributed by atoms with Gasteiger partial charge in [0.15, 0.2) is 0 Å². The molecule has 47 heavy (non-hydrogen) atoms. The van der Waals surface area contributed by atoms with Crippen LogP contribution in [0.25, 0.3) is 22.3 Å². The molecule has 0 fully saturated rings. The summed E-state index contributed by atoms with van der Waals surface area (Å²) in [5.74, 6) is 3.00. The third-order valence-corrected chi connectivity index (χ3v) is 7.98. The maximum absolute atomic E-state index is 5.86. The lowest BCUT2D eigenvalue weighted by molar-refractivity contribution is 0.393. The fourth-order valence-corrected chi connectivity index (χ4v) is 4.99. The summed E-state index contributed by atoms with van der Waals surface area (Å²) in [6, 6.07) is 11.7. The van der Waals surface area contributed by atoms with Crippen molar-refractivity contribution in [1.82, 2.24) is 30.2 Å². The molecule has 13 heteroatoms. The Morgan fingerprint density at radius 3 is 1.62 bits per heavy atom. The van der Waals surface area contributed by atoms with E-state index in [1.54, 1.807) is 25.6 Å². The van der Waals surface area contributed by atoms with Crippen molar-refractivity contribution in [3.63, 3.8) is 0 Å². The molecule has 0 aromatic carbocycles. The molecule has 0 aliphatic heterocycles. The number of nitrogens with zero attached hydrogens (tertiary/aromatic N) is 6. The molecule has 6 aromatic rings. The van der Waals surface area contributed by atoms with E-state index in [2.05, 4.69) is 62.1 Å². The Morgan fingerprint density at radius 1 is 0.638 bits per heavy atom. The van der Waals surface area contributed by atoms with Crippen LogP contribution in [0.5, 0.6) is 0 Å². The number of aryl methyl sites for hydroxylation is 6. The number of pyridine rings is 4. The lowest BCUT2D eigenvalue weighted by atomic mass is 10.1. The highest BCUT2D eigenvalue weighted by Gasteiger charge is 2.15. The van der Waals surface area contributed by atoms with Crippen molar-refractivity contribution in [2.45, 2.75) is 41.5 Å². The molecule has 6 heterocycles. The second-order valence-corrected chi connectivity index (χ2v) is 11.4. The first-order valence-electron chi connectivity index (χ1n) is 14.8. The first kappa shape index (κ1) is 34.6. The van der Waals surface area contributed by atoms with Crippen LogP contribution in [0.15, 0.2) is 74.7 Å². The van der Waals surface area contributed by atoms with E-state index in [9.17, 15) is 0 Å². The molecule has 0 spiro atoms. The molecule has 12 nitrogen and oxygen atoms in total. The largest absolute Gasteiger partial charge is 0.396 e. The normalized spacial score (nSPS) is 10.3. The number of nitrogens with two attached hydrogens (primary N) is 1. The summed E-state index contributed by atoms with van der Waals surface area (Å²) in [5.41, 5.74) is 15.8. The number of nitrogen functional groups attached to an aromatic ring is 1. The highest BCUT2D eigenvalue weighted by atomic mass is 79.9. The molecular weight excluding hydrogens is 660 g/mol. The summed E-state index contributed by atoms with van der Waals surface area (Å²) in [7, 11) is 3.63. The summed E-state index contributed by atoms with van der Waals surface area (Å²) < 4.78 is 11.4.